The number of aryl methyl sites for hydroxylation is 1. The minimum absolute atomic E-state index is 0.0443. The van der Waals surface area contributed by atoms with Crippen LogP contribution in [0.3, 0.4) is 0 Å². The van der Waals surface area contributed by atoms with Crippen molar-refractivity contribution in [2.45, 2.75) is 20.8 Å². The summed E-state index contributed by atoms with van der Waals surface area (Å²) in [7, 11) is 0. The molecule has 0 radical (unpaired) electrons. The predicted molar refractivity (Wildman–Crippen MR) is 53.9 cm³/mol. The third-order valence-electron chi connectivity index (χ3n) is 1.55. The maximum absolute atomic E-state index is 10.3. The van der Waals surface area contributed by atoms with E-state index < -0.39 is 4.92 Å². The maximum Gasteiger partial charge on any atom is 0.270 e. The fourth-order valence-corrected chi connectivity index (χ4v) is 0.844. The quantitative estimate of drug-likeness (QED) is 0.507. The minimum atomic E-state index is -0.514. The van der Waals surface area contributed by atoms with Gasteiger partial charge in [0.05, 0.1) is 16.6 Å². The molecule has 4 nitrogen and oxygen atoms in total. The van der Waals surface area contributed by atoms with Gasteiger partial charge in [-0.3, -0.25) is 10.1 Å². The number of nitrogens with zero attached hydrogens (tertiary/aromatic N) is 2. The molecule has 4 heteroatoms. The molecule has 0 unspecified atom stereocenters. The summed E-state index contributed by atoms with van der Waals surface area (Å²) >= 11 is 0. The fraction of sp³-hybridized carbons (Fsp3) is 0.300. The molecule has 0 atom stereocenters. The monoisotopic (exact) mass is 192 g/mol. The van der Waals surface area contributed by atoms with Gasteiger partial charge in [-0.25, -0.2) is 0 Å². The second kappa shape index (κ2) is 5.70. The Kier molecular flexibility index (Phi) is 4.93. The third-order valence-corrected chi connectivity index (χ3v) is 1.55. The zero-order chi connectivity index (χ0) is 11.1. The molecule has 0 aliphatic heterocycles. The zero-order valence-corrected chi connectivity index (χ0v) is 8.44. The van der Waals surface area contributed by atoms with Crippen LogP contribution in [0.4, 0.5) is 5.69 Å². The molecule has 1 aromatic carbocycles. The summed E-state index contributed by atoms with van der Waals surface area (Å²) in [6, 6.07) is 6.11. The molecule has 0 aromatic heterocycles. The van der Waals surface area contributed by atoms with Gasteiger partial charge in [-0.2, -0.15) is 5.26 Å². The average molecular weight is 192 g/mol. The van der Waals surface area contributed by atoms with Gasteiger partial charge in [0.1, 0.15) is 0 Å². The molecule has 0 aliphatic carbocycles. The first-order chi connectivity index (χ1) is 6.65. The van der Waals surface area contributed by atoms with E-state index in [0.717, 1.165) is 5.56 Å². The highest BCUT2D eigenvalue weighted by atomic mass is 16.6. The average Bonchev–Trinajstić information content (AvgIpc) is 2.21. The number of non-ortho nitro benzene ring substituents is 1. The first-order valence-electron chi connectivity index (χ1n) is 4.30. The first-order valence-corrected chi connectivity index (χ1v) is 4.30. The number of nitro groups is 1. The van der Waals surface area contributed by atoms with Crippen molar-refractivity contribution in [3.05, 3.63) is 39.4 Å². The lowest BCUT2D eigenvalue weighted by Gasteiger charge is -1.95. The van der Waals surface area contributed by atoms with Crippen molar-refractivity contribution >= 4 is 5.69 Å². The molecular formula is C10H12N2O2. The van der Waals surface area contributed by atoms with Gasteiger partial charge < -0.3 is 0 Å². The maximum atomic E-state index is 10.3. The molecule has 0 saturated heterocycles. The molecule has 74 valence electrons. The molecule has 0 heterocycles. The van der Waals surface area contributed by atoms with Crippen molar-refractivity contribution in [3.63, 3.8) is 0 Å². The van der Waals surface area contributed by atoms with Crippen LogP contribution in [0.1, 0.15) is 25.0 Å². The van der Waals surface area contributed by atoms with E-state index in [1.54, 1.807) is 13.0 Å². The number of hydrogen-bond donors (Lipinski definition) is 0. The van der Waals surface area contributed by atoms with Gasteiger partial charge in [0.15, 0.2) is 0 Å². The number of hydrogen-bond acceptors (Lipinski definition) is 3. The molecule has 0 bridgehead atoms. The Labute approximate surface area is 82.9 Å². The normalized spacial score (nSPS) is 8.14. The SMILES string of the molecule is CC.Cc1ccc([N+](=O)[O-])cc1C#N. The van der Waals surface area contributed by atoms with E-state index in [-0.39, 0.29) is 5.69 Å². The van der Waals surface area contributed by atoms with Crippen LogP contribution >= 0.6 is 0 Å². The Bertz CT molecular complexity index is 367. The van der Waals surface area contributed by atoms with Gasteiger partial charge in [0.2, 0.25) is 0 Å². The summed E-state index contributed by atoms with van der Waals surface area (Å²) in [5.41, 5.74) is 1.06. The molecular weight excluding hydrogens is 180 g/mol. The van der Waals surface area contributed by atoms with Crippen LogP contribution in [0, 0.1) is 28.4 Å². The topological polar surface area (TPSA) is 66.9 Å². The molecule has 0 amide bonds. The first kappa shape index (κ1) is 12.1. The van der Waals surface area contributed by atoms with E-state index >= 15 is 0 Å². The van der Waals surface area contributed by atoms with Crippen molar-refractivity contribution in [2.24, 2.45) is 0 Å². The van der Waals surface area contributed by atoms with Crippen molar-refractivity contribution in [1.82, 2.24) is 0 Å². The molecule has 0 spiro atoms. The van der Waals surface area contributed by atoms with Gasteiger partial charge in [-0.15, -0.1) is 0 Å². The molecule has 0 aliphatic rings. The molecule has 0 fully saturated rings. The van der Waals surface area contributed by atoms with E-state index in [0.29, 0.717) is 5.56 Å². The van der Waals surface area contributed by atoms with E-state index in [1.807, 2.05) is 19.9 Å². The molecule has 1 aromatic rings. The van der Waals surface area contributed by atoms with Crippen LogP contribution in [0.2, 0.25) is 0 Å². The molecule has 1 rings (SSSR count). The zero-order valence-electron chi connectivity index (χ0n) is 8.44. The highest BCUT2D eigenvalue weighted by Crippen LogP contribution is 2.15. The summed E-state index contributed by atoms with van der Waals surface area (Å²) in [5.74, 6) is 0. The lowest BCUT2D eigenvalue weighted by atomic mass is 10.1. The highest BCUT2D eigenvalue weighted by molar-refractivity contribution is 5.45. The minimum Gasteiger partial charge on any atom is -0.258 e. The van der Waals surface area contributed by atoms with Crippen molar-refractivity contribution in [1.29, 1.82) is 5.26 Å². The van der Waals surface area contributed by atoms with Gasteiger partial charge in [0, 0.05) is 12.1 Å². The Hall–Kier alpha value is -1.89. The van der Waals surface area contributed by atoms with Gasteiger partial charge in [0.25, 0.3) is 5.69 Å². The predicted octanol–water partition coefficient (Wildman–Crippen LogP) is 2.80. The summed E-state index contributed by atoms with van der Waals surface area (Å²) in [4.78, 5) is 9.76. The van der Waals surface area contributed by atoms with Crippen molar-refractivity contribution in [3.8, 4) is 6.07 Å². The van der Waals surface area contributed by atoms with Crippen molar-refractivity contribution in [2.75, 3.05) is 0 Å². The van der Waals surface area contributed by atoms with E-state index in [1.165, 1.54) is 12.1 Å². The Morgan fingerprint density at radius 1 is 1.43 bits per heavy atom. The third kappa shape index (κ3) is 2.87. The van der Waals surface area contributed by atoms with Crippen LogP contribution < -0.4 is 0 Å². The van der Waals surface area contributed by atoms with E-state index in [9.17, 15) is 10.1 Å². The summed E-state index contributed by atoms with van der Waals surface area (Å²) < 4.78 is 0. The lowest BCUT2D eigenvalue weighted by Crippen LogP contribution is -1.90. The van der Waals surface area contributed by atoms with Crippen LogP contribution in [-0.2, 0) is 0 Å². The number of nitriles is 1. The molecule has 0 N–H and O–H groups in total. The van der Waals surface area contributed by atoms with Crippen LogP contribution in [0.25, 0.3) is 0 Å². The second-order valence-corrected chi connectivity index (χ2v) is 2.37. The van der Waals surface area contributed by atoms with Crippen molar-refractivity contribution < 1.29 is 4.92 Å². The van der Waals surface area contributed by atoms with Crippen LogP contribution in [-0.4, -0.2) is 4.92 Å². The molecule has 0 saturated carbocycles. The van der Waals surface area contributed by atoms with Gasteiger partial charge in [-0.05, 0) is 12.5 Å². The van der Waals surface area contributed by atoms with Crippen LogP contribution in [0.15, 0.2) is 18.2 Å². The van der Waals surface area contributed by atoms with Gasteiger partial charge >= 0.3 is 0 Å². The Balaban J connectivity index is 0.000000791. The number of nitro benzene ring substituents is 1. The van der Waals surface area contributed by atoms with E-state index in [2.05, 4.69) is 0 Å². The van der Waals surface area contributed by atoms with Crippen LogP contribution in [0.5, 0.6) is 0 Å². The fourth-order valence-electron chi connectivity index (χ4n) is 0.844. The summed E-state index contributed by atoms with van der Waals surface area (Å²) in [6.45, 7) is 5.74. The summed E-state index contributed by atoms with van der Waals surface area (Å²) in [6.07, 6.45) is 0. The largest absolute Gasteiger partial charge is 0.270 e. The van der Waals surface area contributed by atoms with E-state index in [4.69, 9.17) is 5.26 Å². The summed E-state index contributed by atoms with van der Waals surface area (Å²) in [5, 5.41) is 18.8. The lowest BCUT2D eigenvalue weighted by molar-refractivity contribution is -0.384. The highest BCUT2D eigenvalue weighted by Gasteiger charge is 2.07. The Morgan fingerprint density at radius 2 is 2.00 bits per heavy atom. The smallest absolute Gasteiger partial charge is 0.258 e. The number of rotatable bonds is 1. The number of benzene rings is 1. The second-order valence-electron chi connectivity index (χ2n) is 2.37. The molecule has 14 heavy (non-hydrogen) atoms. The van der Waals surface area contributed by atoms with Gasteiger partial charge in [-0.1, -0.05) is 19.9 Å². The Morgan fingerprint density at radius 3 is 2.43 bits per heavy atom. The standard InChI is InChI=1S/C8H6N2O2.C2H6/c1-6-2-3-8(10(11)12)4-7(6)5-9;1-2/h2-4H,1H3;1-2H3.